The van der Waals surface area contributed by atoms with Crippen molar-refractivity contribution in [1.82, 2.24) is 19.6 Å². The molecule has 0 unspecified atom stereocenters. The van der Waals surface area contributed by atoms with Gasteiger partial charge >= 0.3 is 0 Å². The Morgan fingerprint density at radius 2 is 2.03 bits per heavy atom. The van der Waals surface area contributed by atoms with Crippen LogP contribution in [0.15, 0.2) is 29.8 Å². The first-order valence-corrected chi connectivity index (χ1v) is 11.1. The molecule has 2 aromatic heterocycles. The van der Waals surface area contributed by atoms with Gasteiger partial charge in [0, 0.05) is 29.4 Å². The Balaban J connectivity index is 1.68. The van der Waals surface area contributed by atoms with E-state index >= 15 is 0 Å². The maximum Gasteiger partial charge on any atom is 0.225 e. The molecule has 0 spiro atoms. The highest BCUT2D eigenvalue weighted by Crippen LogP contribution is 2.34. The minimum absolute atomic E-state index is 0.0310. The summed E-state index contributed by atoms with van der Waals surface area (Å²) in [5.74, 6) is 1.50. The molecule has 3 rings (SSSR count). The number of methoxy groups -OCH3 is 2. The second-order valence-corrected chi connectivity index (χ2v) is 7.82. The van der Waals surface area contributed by atoms with Gasteiger partial charge in [0.15, 0.2) is 4.96 Å². The Morgan fingerprint density at radius 3 is 2.73 bits per heavy atom. The molecule has 162 valence electrons. The molecule has 2 heterocycles. The Morgan fingerprint density at radius 1 is 1.23 bits per heavy atom. The van der Waals surface area contributed by atoms with E-state index in [2.05, 4.69) is 24.1 Å². The third-order valence-corrected chi connectivity index (χ3v) is 6.06. The molecule has 0 bridgehead atoms. The summed E-state index contributed by atoms with van der Waals surface area (Å²) in [6.45, 7) is 8.09. The molecule has 0 aliphatic rings. The lowest BCUT2D eigenvalue weighted by atomic mass is 10.1. The molecular weight excluding hydrogens is 400 g/mol. The third-order valence-electron chi connectivity index (χ3n) is 5.18. The number of benzene rings is 1. The molecule has 7 nitrogen and oxygen atoms in total. The molecule has 8 heteroatoms. The number of nitrogens with one attached hydrogen (secondary N) is 1. The van der Waals surface area contributed by atoms with Crippen molar-refractivity contribution < 1.29 is 14.3 Å². The molecule has 0 aliphatic carbocycles. The van der Waals surface area contributed by atoms with Crippen molar-refractivity contribution in [3.63, 3.8) is 0 Å². The molecule has 1 N–H and O–H groups in total. The van der Waals surface area contributed by atoms with Gasteiger partial charge in [-0.25, -0.2) is 4.98 Å². The number of aromatic nitrogens is 2. The lowest BCUT2D eigenvalue weighted by Gasteiger charge is -2.17. The topological polar surface area (TPSA) is 68.1 Å². The summed E-state index contributed by atoms with van der Waals surface area (Å²) in [5.41, 5.74) is 2.58. The number of nitrogens with zero attached hydrogens (tertiary/aromatic N) is 3. The maximum atomic E-state index is 12.4. The average Bonchev–Trinajstić information content (AvgIpc) is 3.35. The number of carbonyl (C=O) groups is 1. The van der Waals surface area contributed by atoms with E-state index in [0.29, 0.717) is 13.0 Å². The Labute approximate surface area is 181 Å². The van der Waals surface area contributed by atoms with Crippen LogP contribution in [-0.4, -0.2) is 60.6 Å². The molecule has 3 aromatic rings. The van der Waals surface area contributed by atoms with Gasteiger partial charge in [0.2, 0.25) is 5.91 Å². The first-order valence-electron chi connectivity index (χ1n) is 10.3. The molecule has 0 fully saturated rings. The fourth-order valence-electron chi connectivity index (χ4n) is 3.40. The van der Waals surface area contributed by atoms with E-state index in [-0.39, 0.29) is 5.91 Å². The number of fused-ring (bicyclic) bond motifs is 1. The summed E-state index contributed by atoms with van der Waals surface area (Å²) >= 11 is 1.53. The summed E-state index contributed by atoms with van der Waals surface area (Å²) in [4.78, 5) is 20.3. The van der Waals surface area contributed by atoms with Crippen LogP contribution in [0.5, 0.6) is 11.5 Å². The quantitative estimate of drug-likeness (QED) is 0.472. The lowest BCUT2D eigenvalue weighted by Crippen LogP contribution is -2.30. The highest BCUT2D eigenvalue weighted by Gasteiger charge is 2.15. The van der Waals surface area contributed by atoms with Crippen LogP contribution in [0.3, 0.4) is 0 Å². The Hall–Kier alpha value is -2.58. The molecule has 0 saturated carbocycles. The number of thiazole rings is 1. The monoisotopic (exact) mass is 430 g/mol. The van der Waals surface area contributed by atoms with Crippen molar-refractivity contribution in [2.45, 2.75) is 26.7 Å². The lowest BCUT2D eigenvalue weighted by molar-refractivity contribution is -0.120. The zero-order valence-corrected chi connectivity index (χ0v) is 18.9. The van der Waals surface area contributed by atoms with Gasteiger partial charge in [-0.05, 0) is 44.3 Å². The van der Waals surface area contributed by atoms with Crippen LogP contribution >= 0.6 is 11.3 Å². The van der Waals surface area contributed by atoms with Crippen molar-refractivity contribution in [2.75, 3.05) is 40.4 Å². The molecule has 1 amide bonds. The van der Waals surface area contributed by atoms with Gasteiger partial charge < -0.3 is 19.7 Å². The van der Waals surface area contributed by atoms with Crippen molar-refractivity contribution in [3.8, 4) is 22.8 Å². The van der Waals surface area contributed by atoms with Crippen LogP contribution in [0, 0.1) is 0 Å². The third kappa shape index (κ3) is 5.12. The number of ether oxygens (including phenoxy) is 2. The largest absolute Gasteiger partial charge is 0.497 e. The van der Waals surface area contributed by atoms with Crippen molar-refractivity contribution in [3.05, 3.63) is 35.5 Å². The van der Waals surface area contributed by atoms with E-state index in [0.717, 1.165) is 59.5 Å². The minimum atomic E-state index is 0.0310. The molecule has 30 heavy (non-hydrogen) atoms. The second kappa shape index (κ2) is 10.4. The number of amides is 1. The number of hydrogen-bond acceptors (Lipinski definition) is 6. The van der Waals surface area contributed by atoms with E-state index in [4.69, 9.17) is 14.5 Å². The normalized spacial score (nSPS) is 11.2. The summed E-state index contributed by atoms with van der Waals surface area (Å²) in [6, 6.07) is 5.64. The number of carbonyl (C=O) groups excluding carboxylic acids is 1. The van der Waals surface area contributed by atoms with Crippen LogP contribution < -0.4 is 14.8 Å². The summed E-state index contributed by atoms with van der Waals surface area (Å²) in [7, 11) is 3.27. The van der Waals surface area contributed by atoms with Crippen molar-refractivity contribution >= 4 is 22.2 Å². The molecule has 0 atom stereocenters. The second-order valence-electron chi connectivity index (χ2n) is 6.98. The predicted molar refractivity (Wildman–Crippen MR) is 121 cm³/mol. The molecular formula is C22H30N4O3S. The Kier molecular flexibility index (Phi) is 7.70. The van der Waals surface area contributed by atoms with Gasteiger partial charge in [-0.2, -0.15) is 0 Å². The first-order chi connectivity index (χ1) is 14.6. The SMILES string of the molecule is CCN(CC)CCCNC(=O)Cc1csc2nc(-c3cc(OC)ccc3OC)cn12. The first kappa shape index (κ1) is 22.1. The molecule has 0 aliphatic heterocycles. The smallest absolute Gasteiger partial charge is 0.225 e. The van der Waals surface area contributed by atoms with Crippen LogP contribution in [0.25, 0.3) is 16.2 Å². The van der Waals surface area contributed by atoms with E-state index in [1.807, 2.05) is 34.2 Å². The van der Waals surface area contributed by atoms with E-state index < -0.39 is 0 Å². The van der Waals surface area contributed by atoms with Gasteiger partial charge in [0.25, 0.3) is 0 Å². The Bertz CT molecular complexity index is 978. The van der Waals surface area contributed by atoms with Crippen LogP contribution in [0.2, 0.25) is 0 Å². The van der Waals surface area contributed by atoms with Gasteiger partial charge in [-0.15, -0.1) is 11.3 Å². The van der Waals surface area contributed by atoms with Gasteiger partial charge in [-0.3, -0.25) is 9.20 Å². The molecule has 1 aromatic carbocycles. The molecule has 0 saturated heterocycles. The maximum absolute atomic E-state index is 12.4. The van der Waals surface area contributed by atoms with E-state index in [9.17, 15) is 4.79 Å². The molecule has 0 radical (unpaired) electrons. The highest BCUT2D eigenvalue weighted by molar-refractivity contribution is 7.15. The fourth-order valence-corrected chi connectivity index (χ4v) is 4.27. The number of hydrogen-bond donors (Lipinski definition) is 1. The fraction of sp³-hybridized carbons (Fsp3) is 0.455. The van der Waals surface area contributed by atoms with Crippen LogP contribution in [0.1, 0.15) is 26.0 Å². The number of imidazole rings is 1. The summed E-state index contributed by atoms with van der Waals surface area (Å²) in [5, 5.41) is 5.02. The van der Waals surface area contributed by atoms with Crippen molar-refractivity contribution in [2.24, 2.45) is 0 Å². The van der Waals surface area contributed by atoms with Gasteiger partial charge in [-0.1, -0.05) is 13.8 Å². The summed E-state index contributed by atoms with van der Waals surface area (Å²) in [6.07, 6.45) is 3.24. The zero-order chi connectivity index (χ0) is 21.5. The van der Waals surface area contributed by atoms with Crippen molar-refractivity contribution in [1.29, 1.82) is 0 Å². The summed E-state index contributed by atoms with van der Waals surface area (Å²) < 4.78 is 12.8. The van der Waals surface area contributed by atoms with Crippen LogP contribution in [-0.2, 0) is 11.2 Å². The number of rotatable bonds is 11. The zero-order valence-electron chi connectivity index (χ0n) is 18.1. The highest BCUT2D eigenvalue weighted by atomic mass is 32.1. The minimum Gasteiger partial charge on any atom is -0.497 e. The standard InChI is InChI=1S/C22H30N4O3S/c1-5-25(6-2)11-7-10-23-21(27)12-16-15-30-22-24-19(14-26(16)22)18-13-17(28-3)8-9-20(18)29-4/h8-9,13-15H,5-7,10-12H2,1-4H3,(H,23,27). The van der Waals surface area contributed by atoms with Crippen LogP contribution in [0.4, 0.5) is 0 Å². The van der Waals surface area contributed by atoms with Gasteiger partial charge in [0.05, 0.1) is 26.3 Å². The van der Waals surface area contributed by atoms with E-state index in [1.54, 1.807) is 14.2 Å². The van der Waals surface area contributed by atoms with Gasteiger partial charge in [0.1, 0.15) is 11.5 Å². The average molecular weight is 431 g/mol. The predicted octanol–water partition coefficient (Wildman–Crippen LogP) is 3.47. The van der Waals surface area contributed by atoms with E-state index in [1.165, 1.54) is 11.3 Å².